The van der Waals surface area contributed by atoms with E-state index in [0.717, 1.165) is 17.2 Å². The summed E-state index contributed by atoms with van der Waals surface area (Å²) in [5.41, 5.74) is 8.09. The molecule has 0 fully saturated rings. The first-order valence-corrected chi connectivity index (χ1v) is 10.0. The molecule has 6 nitrogen and oxygen atoms in total. The Hall–Kier alpha value is -2.81. The minimum atomic E-state index is -4.16. The standard InChI is InChI=1S/C20H20FN3O3S/c1-13(12-25)24-28(26,27)20-17(3-2-4-18(20)21)15-7-5-14(6-8-15)16-9-10-19(22)23-11-16/h2-11,13,24-25H,12H2,1H3,(H2,22,23). The van der Waals surface area contributed by atoms with Crippen molar-refractivity contribution in [2.45, 2.75) is 17.9 Å². The highest BCUT2D eigenvalue weighted by Crippen LogP contribution is 2.31. The fraction of sp³-hybridized carbons (Fsp3) is 0.150. The molecule has 146 valence electrons. The number of hydrogen-bond donors (Lipinski definition) is 3. The molecule has 1 aromatic heterocycles. The Morgan fingerprint density at radius 2 is 1.71 bits per heavy atom. The van der Waals surface area contributed by atoms with Gasteiger partial charge in [-0.2, -0.15) is 0 Å². The number of benzene rings is 2. The van der Waals surface area contributed by atoms with Crippen molar-refractivity contribution in [2.24, 2.45) is 0 Å². The number of aromatic nitrogens is 1. The predicted molar refractivity (Wildman–Crippen MR) is 106 cm³/mol. The summed E-state index contributed by atoms with van der Waals surface area (Å²) in [5.74, 6) is -0.443. The van der Waals surface area contributed by atoms with Crippen LogP contribution in [-0.2, 0) is 10.0 Å². The van der Waals surface area contributed by atoms with E-state index in [4.69, 9.17) is 10.8 Å². The Kier molecular flexibility index (Phi) is 5.73. The maximum absolute atomic E-state index is 14.5. The molecule has 3 aromatic rings. The average molecular weight is 401 g/mol. The lowest BCUT2D eigenvalue weighted by Gasteiger charge is -2.16. The third kappa shape index (κ3) is 4.19. The molecule has 1 heterocycles. The molecule has 0 bridgehead atoms. The van der Waals surface area contributed by atoms with Gasteiger partial charge in [-0.25, -0.2) is 22.5 Å². The van der Waals surface area contributed by atoms with Gasteiger partial charge in [0.15, 0.2) is 0 Å². The van der Waals surface area contributed by atoms with Crippen LogP contribution < -0.4 is 10.5 Å². The zero-order valence-electron chi connectivity index (χ0n) is 15.1. The number of rotatable bonds is 6. The van der Waals surface area contributed by atoms with Crippen LogP contribution in [0.1, 0.15) is 6.92 Å². The molecule has 0 spiro atoms. The predicted octanol–water partition coefficient (Wildman–Crippen LogP) is 2.80. The maximum atomic E-state index is 14.5. The van der Waals surface area contributed by atoms with Crippen LogP contribution in [0.2, 0.25) is 0 Å². The van der Waals surface area contributed by atoms with Gasteiger partial charge in [0, 0.05) is 23.4 Å². The Labute approximate surface area is 162 Å². The summed E-state index contributed by atoms with van der Waals surface area (Å²) in [5, 5.41) is 9.12. The summed E-state index contributed by atoms with van der Waals surface area (Å²) in [6.07, 6.45) is 1.64. The number of nitrogens with one attached hydrogen (secondary N) is 1. The van der Waals surface area contributed by atoms with E-state index in [-0.39, 0.29) is 5.56 Å². The Morgan fingerprint density at radius 1 is 1.07 bits per heavy atom. The Morgan fingerprint density at radius 3 is 2.32 bits per heavy atom. The van der Waals surface area contributed by atoms with Crippen molar-refractivity contribution in [2.75, 3.05) is 12.3 Å². The second-order valence-electron chi connectivity index (χ2n) is 6.37. The zero-order chi connectivity index (χ0) is 20.3. The van der Waals surface area contributed by atoms with Gasteiger partial charge in [0.1, 0.15) is 16.5 Å². The topological polar surface area (TPSA) is 105 Å². The molecule has 0 aliphatic rings. The van der Waals surface area contributed by atoms with Crippen molar-refractivity contribution in [1.82, 2.24) is 9.71 Å². The number of aliphatic hydroxyl groups is 1. The van der Waals surface area contributed by atoms with Crippen LogP contribution in [0.15, 0.2) is 65.7 Å². The highest BCUT2D eigenvalue weighted by Gasteiger charge is 2.25. The second-order valence-corrected chi connectivity index (χ2v) is 8.02. The number of anilines is 1. The maximum Gasteiger partial charge on any atom is 0.244 e. The molecule has 28 heavy (non-hydrogen) atoms. The highest BCUT2D eigenvalue weighted by atomic mass is 32.2. The molecule has 0 saturated heterocycles. The molecular weight excluding hydrogens is 381 g/mol. The lowest BCUT2D eigenvalue weighted by Crippen LogP contribution is -2.35. The number of nitrogens with zero attached hydrogens (tertiary/aromatic N) is 1. The summed E-state index contributed by atoms with van der Waals surface area (Å²) >= 11 is 0. The third-order valence-electron chi connectivity index (χ3n) is 4.18. The summed E-state index contributed by atoms with van der Waals surface area (Å²) in [6, 6.07) is 13.9. The van der Waals surface area contributed by atoms with Gasteiger partial charge in [-0.15, -0.1) is 0 Å². The fourth-order valence-corrected chi connectivity index (χ4v) is 4.31. The van der Waals surface area contributed by atoms with Crippen molar-refractivity contribution >= 4 is 15.8 Å². The van der Waals surface area contributed by atoms with Crippen molar-refractivity contribution in [3.05, 3.63) is 66.6 Å². The molecule has 3 rings (SSSR count). The minimum absolute atomic E-state index is 0.236. The van der Waals surface area contributed by atoms with Gasteiger partial charge >= 0.3 is 0 Å². The number of nitrogen functional groups attached to an aromatic ring is 1. The first kappa shape index (κ1) is 19.9. The second kappa shape index (κ2) is 8.05. The van der Waals surface area contributed by atoms with Crippen LogP contribution in [0.4, 0.5) is 10.2 Å². The normalized spacial score (nSPS) is 12.7. The smallest absolute Gasteiger partial charge is 0.244 e. The van der Waals surface area contributed by atoms with E-state index >= 15 is 0 Å². The SMILES string of the molecule is CC(CO)NS(=O)(=O)c1c(F)cccc1-c1ccc(-c2ccc(N)nc2)cc1. The van der Waals surface area contributed by atoms with Crippen LogP contribution in [0.5, 0.6) is 0 Å². The monoisotopic (exact) mass is 401 g/mol. The van der Waals surface area contributed by atoms with Crippen molar-refractivity contribution < 1.29 is 17.9 Å². The third-order valence-corrected chi connectivity index (χ3v) is 5.85. The van der Waals surface area contributed by atoms with Gasteiger partial charge in [0.2, 0.25) is 10.0 Å². The summed E-state index contributed by atoms with van der Waals surface area (Å²) in [4.78, 5) is 3.60. The van der Waals surface area contributed by atoms with E-state index in [1.807, 2.05) is 6.07 Å². The molecule has 2 aromatic carbocycles. The average Bonchev–Trinajstić information content (AvgIpc) is 2.68. The van der Waals surface area contributed by atoms with E-state index in [0.29, 0.717) is 11.4 Å². The summed E-state index contributed by atoms with van der Waals surface area (Å²) in [6.45, 7) is 1.10. The van der Waals surface area contributed by atoms with Gasteiger partial charge in [0.25, 0.3) is 0 Å². The van der Waals surface area contributed by atoms with Crippen molar-refractivity contribution in [3.63, 3.8) is 0 Å². The van der Waals surface area contributed by atoms with Gasteiger partial charge in [-0.1, -0.05) is 36.4 Å². The first-order chi connectivity index (χ1) is 13.3. The van der Waals surface area contributed by atoms with E-state index in [1.165, 1.54) is 13.0 Å². The number of sulfonamides is 1. The van der Waals surface area contributed by atoms with Crippen LogP contribution in [0.3, 0.4) is 0 Å². The number of hydrogen-bond acceptors (Lipinski definition) is 5. The van der Waals surface area contributed by atoms with E-state index in [1.54, 1.807) is 42.6 Å². The quantitative estimate of drug-likeness (QED) is 0.589. The number of halogens is 1. The summed E-state index contributed by atoms with van der Waals surface area (Å²) in [7, 11) is -4.16. The highest BCUT2D eigenvalue weighted by molar-refractivity contribution is 7.89. The number of nitrogens with two attached hydrogens (primary N) is 1. The Bertz CT molecular complexity index is 1070. The summed E-state index contributed by atoms with van der Waals surface area (Å²) < 4.78 is 42.1. The molecule has 4 N–H and O–H groups in total. The van der Waals surface area contributed by atoms with E-state index < -0.39 is 33.4 Å². The molecule has 0 aliphatic carbocycles. The molecular formula is C20H20FN3O3S. The van der Waals surface area contributed by atoms with Gasteiger partial charge in [0.05, 0.1) is 6.61 Å². The largest absolute Gasteiger partial charge is 0.395 e. The lowest BCUT2D eigenvalue weighted by atomic mass is 10.0. The van der Waals surface area contributed by atoms with Gasteiger partial charge < -0.3 is 10.8 Å². The molecule has 1 atom stereocenters. The molecule has 0 saturated carbocycles. The van der Waals surface area contributed by atoms with Gasteiger partial charge in [-0.05, 0) is 36.2 Å². The van der Waals surface area contributed by atoms with Crippen LogP contribution >= 0.6 is 0 Å². The molecule has 0 radical (unpaired) electrons. The van der Waals surface area contributed by atoms with Crippen LogP contribution in [0.25, 0.3) is 22.3 Å². The molecule has 8 heteroatoms. The fourth-order valence-electron chi connectivity index (χ4n) is 2.79. The Balaban J connectivity index is 2.03. The number of aliphatic hydroxyl groups excluding tert-OH is 1. The van der Waals surface area contributed by atoms with Crippen molar-refractivity contribution in [1.29, 1.82) is 0 Å². The van der Waals surface area contributed by atoms with Crippen molar-refractivity contribution in [3.8, 4) is 22.3 Å². The first-order valence-electron chi connectivity index (χ1n) is 8.56. The molecule has 0 aliphatic heterocycles. The van der Waals surface area contributed by atoms with E-state index in [2.05, 4.69) is 9.71 Å². The van der Waals surface area contributed by atoms with E-state index in [9.17, 15) is 12.8 Å². The minimum Gasteiger partial charge on any atom is -0.395 e. The molecule has 0 amide bonds. The van der Waals surface area contributed by atoms with Gasteiger partial charge in [-0.3, -0.25) is 0 Å². The van der Waals surface area contributed by atoms with Crippen LogP contribution in [0, 0.1) is 5.82 Å². The lowest BCUT2D eigenvalue weighted by molar-refractivity contribution is 0.265. The molecule has 1 unspecified atom stereocenters. The number of pyridine rings is 1. The van der Waals surface area contributed by atoms with Crippen LogP contribution in [-0.4, -0.2) is 31.2 Å². The zero-order valence-corrected chi connectivity index (χ0v) is 15.9.